The molecule has 0 amide bonds. The van der Waals surface area contributed by atoms with Crippen molar-refractivity contribution in [3.63, 3.8) is 0 Å². The molecule has 0 aliphatic carbocycles. The van der Waals surface area contributed by atoms with Crippen LogP contribution >= 0.6 is 0 Å². The molecule has 1 aliphatic rings. The summed E-state index contributed by atoms with van der Waals surface area (Å²) >= 11 is 0. The third-order valence-corrected chi connectivity index (χ3v) is 7.87. The quantitative estimate of drug-likeness (QED) is 0.563. The number of sulfonamides is 1. The fourth-order valence-corrected chi connectivity index (χ4v) is 5.14. The molecule has 32 heavy (non-hydrogen) atoms. The van der Waals surface area contributed by atoms with Gasteiger partial charge in [0.05, 0.1) is 17.4 Å². The van der Waals surface area contributed by atoms with Crippen LogP contribution in [0.4, 0.5) is 6.01 Å². The van der Waals surface area contributed by atoms with Gasteiger partial charge in [-0.05, 0) is 50.6 Å². The molecule has 1 aromatic heterocycles. The number of rotatable bonds is 6. The molecule has 0 N–H and O–H groups in total. The molecule has 2 aromatic carbocycles. The van der Waals surface area contributed by atoms with Crippen molar-refractivity contribution < 1.29 is 17.7 Å². The van der Waals surface area contributed by atoms with Gasteiger partial charge < -0.3 is 14.2 Å². The summed E-state index contributed by atoms with van der Waals surface area (Å²) in [6.45, 7) is 7.81. The lowest BCUT2D eigenvalue weighted by Gasteiger charge is -2.32. The second kappa shape index (κ2) is 8.55. The number of hydrogen-bond donors (Lipinski definition) is 0. The van der Waals surface area contributed by atoms with Crippen LogP contribution in [-0.2, 0) is 15.4 Å². The summed E-state index contributed by atoms with van der Waals surface area (Å²) in [6, 6.07) is 15.2. The molecule has 3 aromatic rings. The summed E-state index contributed by atoms with van der Waals surface area (Å²) in [4.78, 5) is 6.82. The molecule has 0 bridgehead atoms. The first kappa shape index (κ1) is 22.3. The van der Waals surface area contributed by atoms with Crippen LogP contribution in [0.2, 0.25) is 0 Å². The fraction of sp³-hybridized carbons (Fsp3) is 0.391. The number of methoxy groups -OCH3 is 1. The predicted octanol–water partition coefficient (Wildman–Crippen LogP) is 3.22. The Labute approximate surface area is 188 Å². The van der Waals surface area contributed by atoms with Crippen LogP contribution in [0, 0.1) is 6.92 Å². The third kappa shape index (κ3) is 4.22. The van der Waals surface area contributed by atoms with Gasteiger partial charge in [0.2, 0.25) is 10.0 Å². The summed E-state index contributed by atoms with van der Waals surface area (Å²) in [6.07, 6.45) is 0. The number of aromatic nitrogens is 2. The first-order valence-corrected chi connectivity index (χ1v) is 12.0. The van der Waals surface area contributed by atoms with E-state index in [2.05, 4.69) is 55.2 Å². The number of ether oxygens (including phenoxy) is 1. The maximum absolute atomic E-state index is 13.0. The summed E-state index contributed by atoms with van der Waals surface area (Å²) in [5.74, 6) is 1.22. The summed E-state index contributed by atoms with van der Waals surface area (Å²) in [5, 5.41) is 4.22. The molecule has 4 rings (SSSR count). The highest BCUT2D eigenvalue weighted by Crippen LogP contribution is 2.31. The van der Waals surface area contributed by atoms with Gasteiger partial charge >= 0.3 is 6.01 Å². The summed E-state index contributed by atoms with van der Waals surface area (Å²) in [7, 11) is -2.02. The Kier molecular flexibility index (Phi) is 5.96. The zero-order valence-electron chi connectivity index (χ0n) is 18.8. The normalized spacial score (nSPS) is 15.7. The summed E-state index contributed by atoms with van der Waals surface area (Å²) in [5.41, 5.74) is 1.89. The molecule has 170 valence electrons. The zero-order chi connectivity index (χ0) is 22.9. The van der Waals surface area contributed by atoms with E-state index in [1.54, 1.807) is 31.4 Å². The smallest absolute Gasteiger partial charge is 0.324 e. The maximum Gasteiger partial charge on any atom is 0.324 e. The molecule has 1 saturated heterocycles. The van der Waals surface area contributed by atoms with E-state index >= 15 is 0 Å². The van der Waals surface area contributed by atoms with Crippen LogP contribution in [0.5, 0.6) is 5.75 Å². The van der Waals surface area contributed by atoms with Gasteiger partial charge in [-0.1, -0.05) is 35.0 Å². The molecule has 0 spiro atoms. The van der Waals surface area contributed by atoms with E-state index in [1.807, 2.05) is 4.90 Å². The van der Waals surface area contributed by atoms with Crippen molar-refractivity contribution in [3.05, 3.63) is 65.5 Å². The standard InChI is InChI=1S/C23H28N4O4S/c1-17-5-7-18(8-6-17)23(2,3)21-24-22(31-25-21)26-13-15-27(16-14-26)32(28,29)20-11-9-19(30-4)10-12-20/h5-12H,13-16H2,1-4H3. The largest absolute Gasteiger partial charge is 0.497 e. The van der Waals surface area contributed by atoms with E-state index in [4.69, 9.17) is 9.26 Å². The van der Waals surface area contributed by atoms with Crippen LogP contribution in [0.25, 0.3) is 0 Å². The number of anilines is 1. The number of piperazine rings is 1. The molecular weight excluding hydrogens is 428 g/mol. The molecule has 1 aliphatic heterocycles. The highest BCUT2D eigenvalue weighted by molar-refractivity contribution is 7.89. The Morgan fingerprint density at radius 1 is 0.969 bits per heavy atom. The van der Waals surface area contributed by atoms with Gasteiger partial charge in [0.1, 0.15) is 5.75 Å². The third-order valence-electron chi connectivity index (χ3n) is 5.95. The van der Waals surface area contributed by atoms with Crippen LogP contribution in [0.3, 0.4) is 0 Å². The van der Waals surface area contributed by atoms with Crippen LogP contribution < -0.4 is 9.64 Å². The van der Waals surface area contributed by atoms with E-state index in [9.17, 15) is 8.42 Å². The van der Waals surface area contributed by atoms with Gasteiger partial charge in [0.25, 0.3) is 0 Å². The fourth-order valence-electron chi connectivity index (χ4n) is 3.71. The monoisotopic (exact) mass is 456 g/mol. The van der Waals surface area contributed by atoms with E-state index in [0.717, 1.165) is 5.56 Å². The lowest BCUT2D eigenvalue weighted by molar-refractivity contribution is 0.351. The van der Waals surface area contributed by atoms with Crippen molar-refractivity contribution in [1.82, 2.24) is 14.4 Å². The van der Waals surface area contributed by atoms with Crippen molar-refractivity contribution in [2.45, 2.75) is 31.1 Å². The zero-order valence-corrected chi connectivity index (χ0v) is 19.6. The Hall–Kier alpha value is -2.91. The van der Waals surface area contributed by atoms with Crippen LogP contribution in [-0.4, -0.2) is 56.2 Å². The number of hydrogen-bond acceptors (Lipinski definition) is 7. The van der Waals surface area contributed by atoms with Gasteiger partial charge in [-0.25, -0.2) is 8.42 Å². The number of benzene rings is 2. The topological polar surface area (TPSA) is 88.8 Å². The molecular formula is C23H28N4O4S. The van der Waals surface area contributed by atoms with Crippen molar-refractivity contribution >= 4 is 16.0 Å². The van der Waals surface area contributed by atoms with Gasteiger partial charge in [-0.2, -0.15) is 9.29 Å². The van der Waals surface area contributed by atoms with Gasteiger partial charge in [-0.15, -0.1) is 0 Å². The number of aryl methyl sites for hydroxylation is 1. The van der Waals surface area contributed by atoms with E-state index in [-0.39, 0.29) is 4.90 Å². The molecule has 0 atom stereocenters. The first-order chi connectivity index (χ1) is 15.2. The SMILES string of the molecule is COc1ccc(S(=O)(=O)N2CCN(c3nc(C(C)(C)c4ccc(C)cc4)no3)CC2)cc1. The molecule has 1 fully saturated rings. The van der Waals surface area contributed by atoms with Crippen LogP contribution in [0.15, 0.2) is 57.9 Å². The van der Waals surface area contributed by atoms with Gasteiger partial charge in [0, 0.05) is 26.2 Å². The van der Waals surface area contributed by atoms with Crippen molar-refractivity contribution in [2.75, 3.05) is 38.2 Å². The molecule has 0 radical (unpaired) electrons. The lowest BCUT2D eigenvalue weighted by Crippen LogP contribution is -2.48. The molecule has 0 unspecified atom stereocenters. The Morgan fingerprint density at radius 2 is 1.59 bits per heavy atom. The van der Waals surface area contributed by atoms with Crippen molar-refractivity contribution in [1.29, 1.82) is 0 Å². The molecule has 2 heterocycles. The van der Waals surface area contributed by atoms with E-state index in [0.29, 0.717) is 43.8 Å². The Balaban J connectivity index is 1.44. The van der Waals surface area contributed by atoms with E-state index in [1.165, 1.54) is 9.87 Å². The highest BCUT2D eigenvalue weighted by atomic mass is 32.2. The highest BCUT2D eigenvalue weighted by Gasteiger charge is 2.33. The average molecular weight is 457 g/mol. The van der Waals surface area contributed by atoms with Crippen LogP contribution in [0.1, 0.15) is 30.8 Å². The Morgan fingerprint density at radius 3 is 2.19 bits per heavy atom. The minimum absolute atomic E-state index is 0.256. The average Bonchev–Trinajstić information content (AvgIpc) is 3.31. The second-order valence-corrected chi connectivity index (χ2v) is 10.4. The lowest BCUT2D eigenvalue weighted by atomic mass is 9.83. The molecule has 0 saturated carbocycles. The minimum Gasteiger partial charge on any atom is -0.497 e. The Bertz CT molecular complexity index is 1160. The van der Waals surface area contributed by atoms with Gasteiger partial charge in [0.15, 0.2) is 5.82 Å². The van der Waals surface area contributed by atoms with Crippen molar-refractivity contribution in [2.24, 2.45) is 0 Å². The predicted molar refractivity (Wildman–Crippen MR) is 122 cm³/mol. The number of nitrogens with zero attached hydrogens (tertiary/aromatic N) is 4. The minimum atomic E-state index is -3.57. The molecule has 8 nitrogen and oxygen atoms in total. The van der Waals surface area contributed by atoms with E-state index < -0.39 is 15.4 Å². The second-order valence-electron chi connectivity index (χ2n) is 8.46. The maximum atomic E-state index is 13.0. The first-order valence-electron chi connectivity index (χ1n) is 10.5. The van der Waals surface area contributed by atoms with Crippen molar-refractivity contribution in [3.8, 4) is 5.75 Å². The summed E-state index contributed by atoms with van der Waals surface area (Å²) < 4.78 is 38.1. The molecule has 9 heteroatoms. The van der Waals surface area contributed by atoms with Gasteiger partial charge in [-0.3, -0.25) is 0 Å².